The topological polar surface area (TPSA) is 0 Å². The molecule has 0 N–H and O–H groups in total. The zero-order valence-electron chi connectivity index (χ0n) is 10.9. The summed E-state index contributed by atoms with van der Waals surface area (Å²) in [4.78, 5) is 0.0508. The van der Waals surface area contributed by atoms with Crippen LogP contribution in [-0.2, 0) is 6.42 Å². The van der Waals surface area contributed by atoms with Gasteiger partial charge in [-0.05, 0) is 66.8 Å². The molecule has 0 saturated heterocycles. The summed E-state index contributed by atoms with van der Waals surface area (Å²) in [5.41, 5.74) is 3.82. The second-order valence-electron chi connectivity index (χ2n) is 4.75. The Morgan fingerprint density at radius 2 is 1.63 bits per heavy atom. The predicted octanol–water partition coefficient (Wildman–Crippen LogP) is 5.26. The van der Waals surface area contributed by atoms with Gasteiger partial charge in [0, 0.05) is 4.83 Å². The highest BCUT2D eigenvalue weighted by Crippen LogP contribution is 2.32. The van der Waals surface area contributed by atoms with Crippen LogP contribution >= 0.6 is 15.9 Å². The van der Waals surface area contributed by atoms with Crippen molar-refractivity contribution < 1.29 is 8.78 Å². The van der Waals surface area contributed by atoms with Crippen molar-refractivity contribution in [2.75, 3.05) is 0 Å². The van der Waals surface area contributed by atoms with E-state index in [1.807, 2.05) is 19.9 Å². The van der Waals surface area contributed by atoms with E-state index in [1.165, 1.54) is 24.3 Å². The summed E-state index contributed by atoms with van der Waals surface area (Å²) in [7, 11) is 0. The summed E-state index contributed by atoms with van der Waals surface area (Å²) < 4.78 is 26.5. The normalized spacial score (nSPS) is 12.5. The van der Waals surface area contributed by atoms with Gasteiger partial charge >= 0.3 is 0 Å². The van der Waals surface area contributed by atoms with E-state index in [0.29, 0.717) is 6.42 Å². The van der Waals surface area contributed by atoms with Crippen molar-refractivity contribution in [2.45, 2.75) is 25.1 Å². The fourth-order valence-corrected chi connectivity index (χ4v) is 3.48. The summed E-state index contributed by atoms with van der Waals surface area (Å²) in [6, 6.07) is 9.62. The van der Waals surface area contributed by atoms with Gasteiger partial charge in [-0.25, -0.2) is 8.78 Å². The highest BCUT2D eigenvalue weighted by Gasteiger charge is 2.15. The molecule has 0 aromatic heterocycles. The molecule has 2 aromatic rings. The van der Waals surface area contributed by atoms with Crippen molar-refractivity contribution in [3.8, 4) is 0 Å². The molecule has 100 valence electrons. The van der Waals surface area contributed by atoms with Crippen molar-refractivity contribution in [3.63, 3.8) is 0 Å². The average Bonchev–Trinajstić information content (AvgIpc) is 2.27. The lowest BCUT2D eigenvalue weighted by Gasteiger charge is -2.16. The summed E-state index contributed by atoms with van der Waals surface area (Å²) in [5, 5.41) is 0. The van der Waals surface area contributed by atoms with Gasteiger partial charge in [0.2, 0.25) is 0 Å². The zero-order chi connectivity index (χ0) is 14.0. The third-order valence-corrected chi connectivity index (χ3v) is 3.96. The van der Waals surface area contributed by atoms with Gasteiger partial charge in [0.25, 0.3) is 0 Å². The van der Waals surface area contributed by atoms with Gasteiger partial charge in [-0.15, -0.1) is 0 Å². The quantitative estimate of drug-likeness (QED) is 0.675. The minimum atomic E-state index is -0.232. The molecule has 2 aromatic carbocycles. The van der Waals surface area contributed by atoms with Gasteiger partial charge in [-0.1, -0.05) is 28.1 Å². The molecule has 0 amide bonds. The number of hydrogen-bond donors (Lipinski definition) is 0. The van der Waals surface area contributed by atoms with E-state index in [-0.39, 0.29) is 16.5 Å². The van der Waals surface area contributed by atoms with Crippen LogP contribution in [0.15, 0.2) is 36.4 Å². The predicted molar refractivity (Wildman–Crippen MR) is 77.6 cm³/mol. The summed E-state index contributed by atoms with van der Waals surface area (Å²) >= 11 is 3.63. The second kappa shape index (κ2) is 5.83. The molecule has 0 radical (unpaired) electrons. The molecule has 2 rings (SSSR count). The summed E-state index contributed by atoms with van der Waals surface area (Å²) in [5.74, 6) is -0.450. The fourth-order valence-electron chi connectivity index (χ4n) is 2.39. The Hall–Kier alpha value is -1.22. The first kappa shape index (κ1) is 14.2. The first-order chi connectivity index (χ1) is 8.97. The van der Waals surface area contributed by atoms with E-state index in [0.717, 1.165) is 22.3 Å². The molecule has 0 saturated carbocycles. The van der Waals surface area contributed by atoms with Crippen molar-refractivity contribution in [1.29, 1.82) is 0 Å². The van der Waals surface area contributed by atoms with Crippen LogP contribution in [-0.4, -0.2) is 0 Å². The number of benzene rings is 2. The molecule has 0 nitrogen and oxygen atoms in total. The van der Waals surface area contributed by atoms with Crippen LogP contribution in [0.3, 0.4) is 0 Å². The van der Waals surface area contributed by atoms with Gasteiger partial charge in [0.1, 0.15) is 11.6 Å². The SMILES string of the molecule is Cc1cc(F)cc(C)c1C(Br)Cc1cccc(F)c1. The van der Waals surface area contributed by atoms with Crippen molar-refractivity contribution in [2.24, 2.45) is 0 Å². The van der Waals surface area contributed by atoms with Gasteiger partial charge in [0.15, 0.2) is 0 Å². The molecule has 0 aliphatic carbocycles. The van der Waals surface area contributed by atoms with E-state index >= 15 is 0 Å². The highest BCUT2D eigenvalue weighted by molar-refractivity contribution is 9.09. The Bertz CT molecular complexity index is 570. The van der Waals surface area contributed by atoms with Crippen molar-refractivity contribution >= 4 is 15.9 Å². The molecule has 1 unspecified atom stereocenters. The van der Waals surface area contributed by atoms with Gasteiger partial charge < -0.3 is 0 Å². The fraction of sp³-hybridized carbons (Fsp3) is 0.250. The monoisotopic (exact) mass is 324 g/mol. The molecule has 0 spiro atoms. The van der Waals surface area contributed by atoms with E-state index < -0.39 is 0 Å². The van der Waals surface area contributed by atoms with Gasteiger partial charge in [0.05, 0.1) is 0 Å². The van der Waals surface area contributed by atoms with E-state index in [9.17, 15) is 8.78 Å². The lowest BCUT2D eigenvalue weighted by Crippen LogP contribution is -2.02. The maximum atomic E-state index is 13.3. The maximum Gasteiger partial charge on any atom is 0.123 e. The molecule has 3 heteroatoms. The lowest BCUT2D eigenvalue weighted by atomic mass is 9.96. The van der Waals surface area contributed by atoms with Crippen LogP contribution < -0.4 is 0 Å². The van der Waals surface area contributed by atoms with Crippen molar-refractivity contribution in [3.05, 3.63) is 70.3 Å². The molecular weight excluding hydrogens is 310 g/mol. The minimum absolute atomic E-state index is 0.0508. The summed E-state index contributed by atoms with van der Waals surface area (Å²) in [6.45, 7) is 3.79. The lowest BCUT2D eigenvalue weighted by molar-refractivity contribution is 0.623. The zero-order valence-corrected chi connectivity index (χ0v) is 12.5. The molecule has 0 bridgehead atoms. The average molecular weight is 325 g/mol. The first-order valence-corrected chi connectivity index (χ1v) is 7.04. The Morgan fingerprint density at radius 3 is 2.21 bits per heavy atom. The van der Waals surface area contributed by atoms with Crippen LogP contribution in [0.4, 0.5) is 8.78 Å². The van der Waals surface area contributed by atoms with Crippen LogP contribution in [0.2, 0.25) is 0 Å². The van der Waals surface area contributed by atoms with E-state index in [4.69, 9.17) is 0 Å². The number of hydrogen-bond acceptors (Lipinski definition) is 0. The van der Waals surface area contributed by atoms with Crippen LogP contribution in [0.5, 0.6) is 0 Å². The Labute approximate surface area is 120 Å². The second-order valence-corrected chi connectivity index (χ2v) is 5.86. The molecular formula is C16H15BrF2. The van der Waals surface area contributed by atoms with E-state index in [2.05, 4.69) is 15.9 Å². The molecule has 0 heterocycles. The first-order valence-electron chi connectivity index (χ1n) is 6.12. The van der Waals surface area contributed by atoms with Crippen LogP contribution in [0.1, 0.15) is 27.1 Å². The van der Waals surface area contributed by atoms with Gasteiger partial charge in [-0.3, -0.25) is 0 Å². The largest absolute Gasteiger partial charge is 0.207 e. The third-order valence-electron chi connectivity index (χ3n) is 3.18. The summed E-state index contributed by atoms with van der Waals surface area (Å²) in [6.07, 6.45) is 0.672. The van der Waals surface area contributed by atoms with Crippen LogP contribution in [0, 0.1) is 25.5 Å². The molecule has 1 atom stereocenters. The Kier molecular flexibility index (Phi) is 4.35. The minimum Gasteiger partial charge on any atom is -0.207 e. The van der Waals surface area contributed by atoms with Crippen LogP contribution in [0.25, 0.3) is 0 Å². The molecule has 0 fully saturated rings. The highest BCUT2D eigenvalue weighted by atomic mass is 79.9. The number of rotatable bonds is 3. The smallest absolute Gasteiger partial charge is 0.123 e. The van der Waals surface area contributed by atoms with Crippen molar-refractivity contribution in [1.82, 2.24) is 0 Å². The standard InChI is InChI=1S/C16H15BrF2/c1-10-6-14(19)7-11(2)16(10)15(17)9-12-4-3-5-13(18)8-12/h3-8,15H,9H2,1-2H3. The number of alkyl halides is 1. The molecule has 0 aliphatic rings. The van der Waals surface area contributed by atoms with E-state index in [1.54, 1.807) is 6.07 Å². The number of aryl methyl sites for hydroxylation is 2. The molecule has 19 heavy (non-hydrogen) atoms. The maximum absolute atomic E-state index is 13.3. The number of halogens is 3. The van der Waals surface area contributed by atoms with Gasteiger partial charge in [-0.2, -0.15) is 0 Å². The molecule has 0 aliphatic heterocycles. The third kappa shape index (κ3) is 3.41. The Balaban J connectivity index is 2.28. The Morgan fingerprint density at radius 1 is 1.00 bits per heavy atom.